The second kappa shape index (κ2) is 7.68. The highest BCUT2D eigenvalue weighted by Crippen LogP contribution is 2.13. The van der Waals surface area contributed by atoms with E-state index in [0.29, 0.717) is 12.4 Å². The Labute approximate surface area is 120 Å². The number of rotatable bonds is 7. The molecule has 20 heavy (non-hydrogen) atoms. The maximum absolute atomic E-state index is 9.26. The molecule has 0 aliphatic carbocycles. The summed E-state index contributed by atoms with van der Waals surface area (Å²) in [6.07, 6.45) is 0.924. The van der Waals surface area contributed by atoms with E-state index >= 15 is 0 Å². The smallest absolute Gasteiger partial charge is 0.115 e. The van der Waals surface area contributed by atoms with Crippen molar-refractivity contribution in [2.45, 2.75) is 12.5 Å². The maximum atomic E-state index is 9.26. The number of phenols is 1. The molecule has 2 aromatic carbocycles. The first-order valence-electron chi connectivity index (χ1n) is 6.85. The first kappa shape index (κ1) is 14.6. The van der Waals surface area contributed by atoms with Gasteiger partial charge in [-0.1, -0.05) is 42.5 Å². The average molecular weight is 271 g/mol. The molecule has 0 bridgehead atoms. The molecule has 3 nitrogen and oxygen atoms in total. The third kappa shape index (κ3) is 4.37. The Morgan fingerprint density at radius 3 is 2.40 bits per heavy atom. The van der Waals surface area contributed by atoms with Crippen LogP contribution in [-0.2, 0) is 11.2 Å². The lowest BCUT2D eigenvalue weighted by Gasteiger charge is -2.18. The zero-order chi connectivity index (χ0) is 14.2. The summed E-state index contributed by atoms with van der Waals surface area (Å²) in [5, 5.41) is 12.8. The molecule has 0 heterocycles. The topological polar surface area (TPSA) is 41.5 Å². The Morgan fingerprint density at radius 1 is 1.05 bits per heavy atom. The van der Waals surface area contributed by atoms with E-state index in [0.717, 1.165) is 13.0 Å². The van der Waals surface area contributed by atoms with Crippen molar-refractivity contribution < 1.29 is 9.84 Å². The van der Waals surface area contributed by atoms with E-state index in [4.69, 9.17) is 4.74 Å². The number of ether oxygens (including phenoxy) is 1. The molecule has 0 radical (unpaired) electrons. The highest BCUT2D eigenvalue weighted by atomic mass is 16.5. The summed E-state index contributed by atoms with van der Waals surface area (Å²) in [7, 11) is 1.72. The lowest BCUT2D eigenvalue weighted by Crippen LogP contribution is -2.27. The molecule has 1 atom stereocenters. The van der Waals surface area contributed by atoms with Crippen LogP contribution in [0.5, 0.6) is 5.75 Å². The third-order valence-electron chi connectivity index (χ3n) is 3.28. The van der Waals surface area contributed by atoms with Crippen LogP contribution in [0.3, 0.4) is 0 Å². The molecule has 0 aliphatic heterocycles. The van der Waals surface area contributed by atoms with Gasteiger partial charge in [-0.25, -0.2) is 0 Å². The molecule has 106 valence electrons. The quantitative estimate of drug-likeness (QED) is 0.813. The van der Waals surface area contributed by atoms with Crippen LogP contribution >= 0.6 is 0 Å². The van der Waals surface area contributed by atoms with Crippen LogP contribution in [0, 0.1) is 0 Å². The number of phenolic OH excluding ortho intramolecular Hbond substituents is 1. The van der Waals surface area contributed by atoms with Crippen molar-refractivity contribution in [3.63, 3.8) is 0 Å². The van der Waals surface area contributed by atoms with Crippen molar-refractivity contribution in [2.24, 2.45) is 0 Å². The van der Waals surface area contributed by atoms with Gasteiger partial charge in [-0.2, -0.15) is 0 Å². The fourth-order valence-corrected chi connectivity index (χ4v) is 2.18. The number of nitrogens with one attached hydrogen (secondary N) is 1. The van der Waals surface area contributed by atoms with Crippen molar-refractivity contribution in [1.82, 2.24) is 5.32 Å². The Balaban J connectivity index is 1.88. The molecule has 0 aromatic heterocycles. The minimum Gasteiger partial charge on any atom is -0.508 e. The number of aromatic hydroxyl groups is 1. The van der Waals surface area contributed by atoms with Gasteiger partial charge in [-0.3, -0.25) is 0 Å². The van der Waals surface area contributed by atoms with Crippen LogP contribution in [-0.4, -0.2) is 25.4 Å². The van der Waals surface area contributed by atoms with Gasteiger partial charge < -0.3 is 15.2 Å². The second-order valence-corrected chi connectivity index (χ2v) is 4.79. The number of hydrogen-bond donors (Lipinski definition) is 2. The van der Waals surface area contributed by atoms with Gasteiger partial charge >= 0.3 is 0 Å². The van der Waals surface area contributed by atoms with Crippen LogP contribution in [0.2, 0.25) is 0 Å². The molecule has 1 unspecified atom stereocenters. The SMILES string of the molecule is COCC(NCCc1ccc(O)cc1)c1ccccc1. The molecule has 3 heteroatoms. The van der Waals surface area contributed by atoms with E-state index in [9.17, 15) is 5.11 Å². The summed E-state index contributed by atoms with van der Waals surface area (Å²) in [6, 6.07) is 17.9. The van der Waals surface area contributed by atoms with Crippen LogP contribution in [0.4, 0.5) is 0 Å². The van der Waals surface area contributed by atoms with Gasteiger partial charge in [0.1, 0.15) is 5.75 Å². The van der Waals surface area contributed by atoms with Gasteiger partial charge in [0, 0.05) is 7.11 Å². The van der Waals surface area contributed by atoms with Crippen LogP contribution in [0.15, 0.2) is 54.6 Å². The lowest BCUT2D eigenvalue weighted by atomic mass is 10.1. The van der Waals surface area contributed by atoms with E-state index in [2.05, 4.69) is 17.4 Å². The predicted octanol–water partition coefficient (Wildman–Crippen LogP) is 2.91. The van der Waals surface area contributed by atoms with Crippen molar-refractivity contribution in [1.29, 1.82) is 0 Å². The fraction of sp³-hybridized carbons (Fsp3) is 0.294. The van der Waals surface area contributed by atoms with E-state index in [1.165, 1.54) is 11.1 Å². The molecule has 0 fully saturated rings. The number of hydrogen-bond acceptors (Lipinski definition) is 3. The molecule has 2 rings (SSSR count). The monoisotopic (exact) mass is 271 g/mol. The standard InChI is InChI=1S/C17H21NO2/c1-20-13-17(15-5-3-2-4-6-15)18-12-11-14-7-9-16(19)10-8-14/h2-10,17-19H,11-13H2,1H3. The highest BCUT2D eigenvalue weighted by molar-refractivity contribution is 5.26. The van der Waals surface area contributed by atoms with E-state index in [-0.39, 0.29) is 6.04 Å². The maximum Gasteiger partial charge on any atom is 0.115 e. The Morgan fingerprint density at radius 2 is 1.75 bits per heavy atom. The molecule has 0 saturated carbocycles. The Bertz CT molecular complexity index is 496. The summed E-state index contributed by atoms with van der Waals surface area (Å²) < 4.78 is 5.28. The van der Waals surface area contributed by atoms with E-state index in [1.54, 1.807) is 19.2 Å². The van der Waals surface area contributed by atoms with Crippen molar-refractivity contribution in [2.75, 3.05) is 20.3 Å². The molecule has 2 N–H and O–H groups in total. The van der Waals surface area contributed by atoms with Gasteiger partial charge in [0.15, 0.2) is 0 Å². The zero-order valence-corrected chi connectivity index (χ0v) is 11.8. The van der Waals surface area contributed by atoms with Gasteiger partial charge in [0.05, 0.1) is 12.6 Å². The highest BCUT2D eigenvalue weighted by Gasteiger charge is 2.09. The van der Waals surface area contributed by atoms with E-state index < -0.39 is 0 Å². The Hall–Kier alpha value is -1.84. The molecule has 0 aliphatic rings. The normalized spacial score (nSPS) is 12.2. The average Bonchev–Trinajstić information content (AvgIpc) is 2.49. The summed E-state index contributed by atoms with van der Waals surface area (Å²) in [5.41, 5.74) is 2.44. The lowest BCUT2D eigenvalue weighted by molar-refractivity contribution is 0.167. The van der Waals surface area contributed by atoms with Crippen molar-refractivity contribution in [3.05, 3.63) is 65.7 Å². The molecular weight excluding hydrogens is 250 g/mol. The second-order valence-electron chi connectivity index (χ2n) is 4.79. The van der Waals surface area contributed by atoms with Gasteiger partial charge in [0.25, 0.3) is 0 Å². The molecular formula is C17H21NO2. The third-order valence-corrected chi connectivity index (χ3v) is 3.28. The minimum absolute atomic E-state index is 0.207. The number of benzene rings is 2. The van der Waals surface area contributed by atoms with Gasteiger partial charge in [-0.15, -0.1) is 0 Å². The first-order valence-corrected chi connectivity index (χ1v) is 6.85. The minimum atomic E-state index is 0.207. The predicted molar refractivity (Wildman–Crippen MR) is 80.9 cm³/mol. The first-order chi connectivity index (χ1) is 9.79. The van der Waals surface area contributed by atoms with Crippen LogP contribution in [0.1, 0.15) is 17.2 Å². The fourth-order valence-electron chi connectivity index (χ4n) is 2.18. The summed E-state index contributed by atoms with van der Waals surface area (Å²) in [4.78, 5) is 0. The summed E-state index contributed by atoms with van der Waals surface area (Å²) in [5.74, 6) is 0.309. The van der Waals surface area contributed by atoms with Gasteiger partial charge in [-0.05, 0) is 36.2 Å². The number of methoxy groups -OCH3 is 1. The summed E-state index contributed by atoms with van der Waals surface area (Å²) >= 11 is 0. The molecule has 2 aromatic rings. The zero-order valence-electron chi connectivity index (χ0n) is 11.8. The largest absolute Gasteiger partial charge is 0.508 e. The van der Waals surface area contributed by atoms with Crippen molar-refractivity contribution >= 4 is 0 Å². The molecule has 0 amide bonds. The molecule has 0 spiro atoms. The Kier molecular flexibility index (Phi) is 5.59. The van der Waals surface area contributed by atoms with Crippen LogP contribution in [0.25, 0.3) is 0 Å². The van der Waals surface area contributed by atoms with Crippen molar-refractivity contribution in [3.8, 4) is 5.75 Å². The van der Waals surface area contributed by atoms with Crippen LogP contribution < -0.4 is 5.32 Å². The summed E-state index contributed by atoms with van der Waals surface area (Å²) in [6.45, 7) is 1.52. The molecule has 0 saturated heterocycles. The van der Waals surface area contributed by atoms with E-state index in [1.807, 2.05) is 30.3 Å². The van der Waals surface area contributed by atoms with Gasteiger partial charge in [0.2, 0.25) is 0 Å².